The first-order valence-corrected chi connectivity index (χ1v) is 6.91. The van der Waals surface area contributed by atoms with Crippen molar-refractivity contribution in [2.24, 2.45) is 5.41 Å². The number of rotatable bonds is 8. The monoisotopic (exact) mass is 297 g/mol. The highest BCUT2D eigenvalue weighted by Crippen LogP contribution is 2.25. The Kier molecular flexibility index (Phi) is 6.13. The van der Waals surface area contributed by atoms with Gasteiger partial charge >= 0.3 is 12.0 Å². The van der Waals surface area contributed by atoms with Crippen LogP contribution in [-0.2, 0) is 4.79 Å². The van der Waals surface area contributed by atoms with E-state index in [1.54, 1.807) is 6.92 Å². The molecule has 0 aliphatic rings. The minimum atomic E-state index is -0.797. The summed E-state index contributed by atoms with van der Waals surface area (Å²) in [4.78, 5) is 26.3. The second-order valence-corrected chi connectivity index (χ2v) is 5.80. The molecule has 0 radical (unpaired) electrons. The van der Waals surface area contributed by atoms with Gasteiger partial charge in [0.1, 0.15) is 12.2 Å². The van der Waals surface area contributed by atoms with Crippen molar-refractivity contribution in [3.05, 3.63) is 12.2 Å². The molecular formula is C13H23N5O3. The summed E-state index contributed by atoms with van der Waals surface area (Å²) < 4.78 is 0. The van der Waals surface area contributed by atoms with E-state index < -0.39 is 5.97 Å². The molecule has 8 heteroatoms. The van der Waals surface area contributed by atoms with Crippen molar-refractivity contribution in [1.82, 2.24) is 25.8 Å². The number of carbonyl (C=O) groups is 2. The molecule has 118 valence electrons. The lowest BCUT2D eigenvalue weighted by molar-refractivity contribution is -0.137. The van der Waals surface area contributed by atoms with Gasteiger partial charge < -0.3 is 15.7 Å². The van der Waals surface area contributed by atoms with E-state index in [9.17, 15) is 9.59 Å². The third kappa shape index (κ3) is 6.73. The van der Waals surface area contributed by atoms with Crippen LogP contribution in [0.3, 0.4) is 0 Å². The Balaban J connectivity index is 2.25. The van der Waals surface area contributed by atoms with E-state index in [2.05, 4.69) is 25.8 Å². The molecule has 0 aliphatic carbocycles. The van der Waals surface area contributed by atoms with Gasteiger partial charge in [-0.05, 0) is 25.2 Å². The summed E-state index contributed by atoms with van der Waals surface area (Å²) in [5.74, 6) is -0.207. The Hall–Kier alpha value is -2.12. The van der Waals surface area contributed by atoms with E-state index in [0.29, 0.717) is 25.2 Å². The lowest BCUT2D eigenvalue weighted by Crippen LogP contribution is -2.38. The highest BCUT2D eigenvalue weighted by atomic mass is 16.4. The molecule has 0 spiro atoms. The van der Waals surface area contributed by atoms with Gasteiger partial charge in [0.2, 0.25) is 0 Å². The van der Waals surface area contributed by atoms with Crippen LogP contribution in [0, 0.1) is 5.41 Å². The van der Waals surface area contributed by atoms with E-state index in [1.165, 1.54) is 6.33 Å². The minimum absolute atomic E-state index is 0.123. The Morgan fingerprint density at radius 1 is 1.43 bits per heavy atom. The van der Waals surface area contributed by atoms with Crippen molar-refractivity contribution in [2.75, 3.05) is 6.54 Å². The number of hydrogen-bond donors (Lipinski definition) is 4. The molecule has 0 aliphatic heterocycles. The molecule has 1 heterocycles. The fourth-order valence-electron chi connectivity index (χ4n) is 1.82. The Bertz CT molecular complexity index is 458. The molecule has 1 atom stereocenters. The van der Waals surface area contributed by atoms with Crippen LogP contribution in [0.15, 0.2) is 6.33 Å². The first-order chi connectivity index (χ1) is 9.80. The average molecular weight is 297 g/mol. The Morgan fingerprint density at radius 3 is 2.71 bits per heavy atom. The van der Waals surface area contributed by atoms with Crippen LogP contribution in [-0.4, -0.2) is 38.8 Å². The minimum Gasteiger partial charge on any atom is -0.481 e. The van der Waals surface area contributed by atoms with Gasteiger partial charge in [-0.15, -0.1) is 0 Å². The zero-order chi connectivity index (χ0) is 15.9. The van der Waals surface area contributed by atoms with E-state index in [1.807, 2.05) is 13.8 Å². The van der Waals surface area contributed by atoms with Gasteiger partial charge in [0.25, 0.3) is 0 Å². The molecule has 0 saturated carbocycles. The lowest BCUT2D eigenvalue weighted by Gasteiger charge is -2.24. The largest absolute Gasteiger partial charge is 0.481 e. The van der Waals surface area contributed by atoms with E-state index in [-0.39, 0.29) is 23.9 Å². The van der Waals surface area contributed by atoms with Crippen molar-refractivity contribution in [1.29, 1.82) is 0 Å². The summed E-state index contributed by atoms with van der Waals surface area (Å²) in [7, 11) is 0. The average Bonchev–Trinajstić information content (AvgIpc) is 2.90. The van der Waals surface area contributed by atoms with E-state index in [0.717, 1.165) is 0 Å². The van der Waals surface area contributed by atoms with Crippen molar-refractivity contribution in [3.63, 3.8) is 0 Å². The maximum absolute atomic E-state index is 11.7. The second kappa shape index (κ2) is 7.61. The molecular weight excluding hydrogens is 274 g/mol. The number of amides is 2. The third-order valence-electron chi connectivity index (χ3n) is 3.29. The van der Waals surface area contributed by atoms with Crippen molar-refractivity contribution in [2.45, 2.75) is 46.1 Å². The summed E-state index contributed by atoms with van der Waals surface area (Å²) in [6.07, 6.45) is 2.82. The normalized spacial score (nSPS) is 12.7. The summed E-state index contributed by atoms with van der Waals surface area (Å²) in [5.41, 5.74) is -0.123. The van der Waals surface area contributed by atoms with Crippen LogP contribution in [0.4, 0.5) is 4.79 Å². The molecule has 0 saturated heterocycles. The number of nitrogens with one attached hydrogen (secondary N) is 3. The number of aliphatic carboxylic acids is 1. The standard InChI is InChI=1S/C13H23N5O3/c1-9(11-15-8-16-18-11)17-12(21)14-7-6-13(2,3)5-4-10(19)20/h8-9H,4-7H2,1-3H3,(H,19,20)(H2,14,17,21)(H,15,16,18). The molecule has 4 N–H and O–H groups in total. The molecule has 1 aromatic rings. The van der Waals surface area contributed by atoms with Crippen LogP contribution in [0.5, 0.6) is 0 Å². The highest BCUT2D eigenvalue weighted by molar-refractivity contribution is 5.74. The van der Waals surface area contributed by atoms with Crippen molar-refractivity contribution < 1.29 is 14.7 Å². The highest BCUT2D eigenvalue weighted by Gasteiger charge is 2.19. The summed E-state index contributed by atoms with van der Waals surface area (Å²) in [6.45, 7) is 6.28. The van der Waals surface area contributed by atoms with Gasteiger partial charge in [0.15, 0.2) is 0 Å². The first kappa shape index (κ1) is 16.9. The molecule has 0 fully saturated rings. The number of aromatic amines is 1. The van der Waals surface area contributed by atoms with Gasteiger partial charge in [-0.25, -0.2) is 9.78 Å². The van der Waals surface area contributed by atoms with Gasteiger partial charge in [-0.2, -0.15) is 5.10 Å². The molecule has 21 heavy (non-hydrogen) atoms. The fourth-order valence-corrected chi connectivity index (χ4v) is 1.82. The van der Waals surface area contributed by atoms with Crippen LogP contribution in [0.1, 0.15) is 51.9 Å². The number of H-pyrrole nitrogens is 1. The van der Waals surface area contributed by atoms with E-state index in [4.69, 9.17) is 5.11 Å². The van der Waals surface area contributed by atoms with Crippen molar-refractivity contribution >= 4 is 12.0 Å². The number of carboxylic acids is 1. The number of aromatic nitrogens is 3. The van der Waals surface area contributed by atoms with Crippen LogP contribution < -0.4 is 10.6 Å². The quantitative estimate of drug-likeness (QED) is 0.579. The fraction of sp³-hybridized carbons (Fsp3) is 0.692. The topological polar surface area (TPSA) is 120 Å². The van der Waals surface area contributed by atoms with Crippen LogP contribution >= 0.6 is 0 Å². The predicted molar refractivity (Wildman–Crippen MR) is 76.6 cm³/mol. The Labute approximate surface area is 123 Å². The zero-order valence-corrected chi connectivity index (χ0v) is 12.6. The molecule has 1 unspecified atom stereocenters. The maximum Gasteiger partial charge on any atom is 0.315 e. The number of carboxylic acid groups (broad SMARTS) is 1. The molecule has 1 rings (SSSR count). The molecule has 2 amide bonds. The number of hydrogen-bond acceptors (Lipinski definition) is 4. The summed E-state index contributed by atoms with van der Waals surface area (Å²) in [6, 6.07) is -0.541. The molecule has 1 aromatic heterocycles. The molecule has 0 bridgehead atoms. The van der Waals surface area contributed by atoms with Crippen LogP contribution in [0.25, 0.3) is 0 Å². The van der Waals surface area contributed by atoms with Gasteiger partial charge in [0.05, 0.1) is 6.04 Å². The zero-order valence-electron chi connectivity index (χ0n) is 12.6. The van der Waals surface area contributed by atoms with Gasteiger partial charge in [0, 0.05) is 13.0 Å². The number of carbonyl (C=O) groups excluding carboxylic acids is 1. The summed E-state index contributed by atoms with van der Waals surface area (Å²) in [5, 5.41) is 20.6. The Morgan fingerprint density at radius 2 is 2.14 bits per heavy atom. The first-order valence-electron chi connectivity index (χ1n) is 6.91. The summed E-state index contributed by atoms with van der Waals surface area (Å²) >= 11 is 0. The SMILES string of the molecule is CC(NC(=O)NCCC(C)(C)CCC(=O)O)c1ncn[nH]1. The van der Waals surface area contributed by atoms with E-state index >= 15 is 0 Å². The van der Waals surface area contributed by atoms with Crippen molar-refractivity contribution in [3.8, 4) is 0 Å². The van der Waals surface area contributed by atoms with Gasteiger partial charge in [-0.3, -0.25) is 9.89 Å². The number of urea groups is 1. The second-order valence-electron chi connectivity index (χ2n) is 5.80. The smallest absolute Gasteiger partial charge is 0.315 e. The third-order valence-corrected chi connectivity index (χ3v) is 3.29. The molecule has 8 nitrogen and oxygen atoms in total. The predicted octanol–water partition coefficient (Wildman–Crippen LogP) is 1.45. The molecule has 0 aromatic carbocycles. The maximum atomic E-state index is 11.7. The van der Waals surface area contributed by atoms with Crippen LogP contribution in [0.2, 0.25) is 0 Å². The lowest BCUT2D eigenvalue weighted by atomic mass is 9.84. The number of nitrogens with zero attached hydrogens (tertiary/aromatic N) is 2. The van der Waals surface area contributed by atoms with Gasteiger partial charge in [-0.1, -0.05) is 13.8 Å².